The van der Waals surface area contributed by atoms with Gasteiger partial charge in [-0.05, 0) is 10.8 Å². The van der Waals surface area contributed by atoms with Gasteiger partial charge < -0.3 is 11.1 Å². The fourth-order valence-corrected chi connectivity index (χ4v) is 3.11. The summed E-state index contributed by atoms with van der Waals surface area (Å²) in [5.41, 5.74) is 7.44. The summed E-state index contributed by atoms with van der Waals surface area (Å²) in [5.74, 6) is 0. The van der Waals surface area contributed by atoms with Crippen LogP contribution in [0, 0.1) is 10.8 Å². The van der Waals surface area contributed by atoms with Crippen LogP contribution in [0.3, 0.4) is 0 Å². The molecule has 0 aliphatic heterocycles. The monoisotopic (exact) mass is 239 g/mol. The highest BCUT2D eigenvalue weighted by molar-refractivity contribution is 7.09. The van der Waals surface area contributed by atoms with Crippen molar-refractivity contribution in [1.29, 1.82) is 0 Å². The van der Waals surface area contributed by atoms with Crippen molar-refractivity contribution in [3.05, 3.63) is 16.1 Å². The lowest BCUT2D eigenvalue weighted by atomic mass is 10.0. The summed E-state index contributed by atoms with van der Waals surface area (Å²) < 4.78 is 0. The molecule has 1 aliphatic carbocycles. The third kappa shape index (κ3) is 1.79. The maximum Gasteiger partial charge on any atom is 0.106 e. The summed E-state index contributed by atoms with van der Waals surface area (Å²) in [6.45, 7) is 10.7. The van der Waals surface area contributed by atoms with Crippen LogP contribution < -0.4 is 11.1 Å². The minimum Gasteiger partial charge on any atom is -0.325 e. The molecule has 0 bridgehead atoms. The fraction of sp³-hybridized carbons (Fsp3) is 0.750. The quantitative estimate of drug-likeness (QED) is 0.846. The van der Waals surface area contributed by atoms with E-state index in [0.717, 1.165) is 17.2 Å². The fourth-order valence-electron chi connectivity index (χ4n) is 2.44. The maximum atomic E-state index is 5.55. The molecule has 0 aromatic carbocycles. The average molecular weight is 239 g/mol. The van der Waals surface area contributed by atoms with Gasteiger partial charge in [0.05, 0.1) is 5.69 Å². The second-order valence-electron chi connectivity index (χ2n) is 5.69. The summed E-state index contributed by atoms with van der Waals surface area (Å²) in [6, 6.07) is 0.586. The van der Waals surface area contributed by atoms with Gasteiger partial charge in [-0.3, -0.25) is 0 Å². The standard InChI is InChI=1S/C12H21N3S/c1-11(2)10(12(11,3)4)14-6-8-7-16-9(5-13)15-8/h7,10,14H,5-6,13H2,1-4H3. The Morgan fingerprint density at radius 1 is 1.38 bits per heavy atom. The normalized spacial score (nSPS) is 22.3. The number of nitrogens with one attached hydrogen (secondary N) is 1. The lowest BCUT2D eigenvalue weighted by Crippen LogP contribution is -2.21. The minimum atomic E-state index is 0.389. The Labute approximate surface area is 101 Å². The molecule has 1 heterocycles. The number of hydrogen-bond acceptors (Lipinski definition) is 4. The van der Waals surface area contributed by atoms with Gasteiger partial charge in [0.25, 0.3) is 0 Å². The van der Waals surface area contributed by atoms with Crippen molar-refractivity contribution in [3.8, 4) is 0 Å². The van der Waals surface area contributed by atoms with E-state index in [2.05, 4.69) is 43.4 Å². The van der Waals surface area contributed by atoms with Gasteiger partial charge in [0.15, 0.2) is 0 Å². The molecular formula is C12H21N3S. The van der Waals surface area contributed by atoms with E-state index in [1.54, 1.807) is 11.3 Å². The van der Waals surface area contributed by atoms with Crippen molar-refractivity contribution in [1.82, 2.24) is 10.3 Å². The van der Waals surface area contributed by atoms with Crippen molar-refractivity contribution in [2.24, 2.45) is 16.6 Å². The van der Waals surface area contributed by atoms with Crippen LogP contribution in [0.4, 0.5) is 0 Å². The summed E-state index contributed by atoms with van der Waals surface area (Å²) in [5, 5.41) is 6.71. The van der Waals surface area contributed by atoms with Crippen LogP contribution in [0.2, 0.25) is 0 Å². The van der Waals surface area contributed by atoms with Gasteiger partial charge in [-0.1, -0.05) is 27.7 Å². The summed E-state index contributed by atoms with van der Waals surface area (Å²) in [6.07, 6.45) is 0. The number of aromatic nitrogens is 1. The van der Waals surface area contributed by atoms with Crippen LogP contribution in [-0.4, -0.2) is 11.0 Å². The molecule has 0 radical (unpaired) electrons. The van der Waals surface area contributed by atoms with Crippen LogP contribution >= 0.6 is 11.3 Å². The smallest absolute Gasteiger partial charge is 0.106 e. The maximum absolute atomic E-state index is 5.55. The molecule has 90 valence electrons. The molecule has 1 saturated carbocycles. The zero-order valence-corrected chi connectivity index (χ0v) is 11.3. The van der Waals surface area contributed by atoms with Crippen LogP contribution in [0.15, 0.2) is 5.38 Å². The molecule has 3 nitrogen and oxygen atoms in total. The molecule has 3 N–H and O–H groups in total. The molecule has 1 aromatic rings. The van der Waals surface area contributed by atoms with E-state index < -0.39 is 0 Å². The molecule has 0 atom stereocenters. The molecule has 4 heteroatoms. The predicted octanol–water partition coefficient (Wildman–Crippen LogP) is 2.13. The lowest BCUT2D eigenvalue weighted by Gasteiger charge is -2.03. The van der Waals surface area contributed by atoms with Crippen LogP contribution in [0.25, 0.3) is 0 Å². The molecule has 2 rings (SSSR count). The first kappa shape index (κ1) is 12.0. The van der Waals surface area contributed by atoms with Gasteiger partial charge in [-0.25, -0.2) is 4.98 Å². The van der Waals surface area contributed by atoms with Crippen LogP contribution in [-0.2, 0) is 13.1 Å². The van der Waals surface area contributed by atoms with E-state index in [9.17, 15) is 0 Å². The Morgan fingerprint density at radius 2 is 2.00 bits per heavy atom. The van der Waals surface area contributed by atoms with Crippen LogP contribution in [0.5, 0.6) is 0 Å². The van der Waals surface area contributed by atoms with Gasteiger partial charge in [0.2, 0.25) is 0 Å². The van der Waals surface area contributed by atoms with Crippen molar-refractivity contribution in [2.45, 2.75) is 46.8 Å². The number of thiazole rings is 1. The van der Waals surface area contributed by atoms with Crippen LogP contribution in [0.1, 0.15) is 38.4 Å². The van der Waals surface area contributed by atoms with Gasteiger partial charge in [0.1, 0.15) is 5.01 Å². The Morgan fingerprint density at radius 3 is 2.44 bits per heavy atom. The molecule has 1 aliphatic rings. The number of rotatable bonds is 4. The van der Waals surface area contributed by atoms with E-state index in [1.165, 1.54) is 0 Å². The number of nitrogens with two attached hydrogens (primary N) is 1. The van der Waals surface area contributed by atoms with Crippen molar-refractivity contribution >= 4 is 11.3 Å². The Bertz CT molecular complexity index is 367. The first-order chi connectivity index (χ1) is 7.39. The molecule has 0 spiro atoms. The third-order valence-corrected chi connectivity index (χ3v) is 5.20. The lowest BCUT2D eigenvalue weighted by molar-refractivity contribution is 0.457. The number of hydrogen-bond donors (Lipinski definition) is 2. The first-order valence-electron chi connectivity index (χ1n) is 5.76. The van der Waals surface area contributed by atoms with Gasteiger partial charge in [-0.2, -0.15) is 0 Å². The number of nitrogens with zero attached hydrogens (tertiary/aromatic N) is 1. The van der Waals surface area contributed by atoms with Crippen molar-refractivity contribution in [2.75, 3.05) is 0 Å². The highest BCUT2D eigenvalue weighted by Gasteiger charge is 2.64. The van der Waals surface area contributed by atoms with E-state index in [1.807, 2.05) is 0 Å². The second-order valence-corrected chi connectivity index (χ2v) is 6.64. The summed E-state index contributed by atoms with van der Waals surface area (Å²) in [7, 11) is 0. The third-order valence-electron chi connectivity index (χ3n) is 4.28. The molecular weight excluding hydrogens is 218 g/mol. The Balaban J connectivity index is 1.90. The molecule has 0 amide bonds. The Hall–Kier alpha value is -0.450. The highest BCUT2D eigenvalue weighted by atomic mass is 32.1. The average Bonchev–Trinajstić information content (AvgIpc) is 2.60. The predicted molar refractivity (Wildman–Crippen MR) is 68.2 cm³/mol. The first-order valence-corrected chi connectivity index (χ1v) is 6.64. The topological polar surface area (TPSA) is 50.9 Å². The molecule has 1 fully saturated rings. The van der Waals surface area contributed by atoms with Crippen molar-refractivity contribution < 1.29 is 0 Å². The van der Waals surface area contributed by atoms with Crippen molar-refractivity contribution in [3.63, 3.8) is 0 Å². The molecule has 0 saturated heterocycles. The van der Waals surface area contributed by atoms with E-state index in [0.29, 0.717) is 23.4 Å². The minimum absolute atomic E-state index is 0.389. The van der Waals surface area contributed by atoms with Gasteiger partial charge in [-0.15, -0.1) is 11.3 Å². The molecule has 0 unspecified atom stereocenters. The van der Waals surface area contributed by atoms with Gasteiger partial charge >= 0.3 is 0 Å². The zero-order valence-electron chi connectivity index (χ0n) is 10.5. The zero-order chi connectivity index (χ0) is 12.0. The molecule has 16 heavy (non-hydrogen) atoms. The van der Waals surface area contributed by atoms with Gasteiger partial charge in [0, 0.05) is 24.5 Å². The SMILES string of the molecule is CC1(C)C(NCc2csc(CN)n2)C1(C)C. The Kier molecular flexibility index (Phi) is 2.85. The highest BCUT2D eigenvalue weighted by Crippen LogP contribution is 2.62. The summed E-state index contributed by atoms with van der Waals surface area (Å²) in [4.78, 5) is 4.46. The molecule has 1 aromatic heterocycles. The second kappa shape index (κ2) is 3.79. The van der Waals surface area contributed by atoms with E-state index in [4.69, 9.17) is 5.73 Å². The summed E-state index contributed by atoms with van der Waals surface area (Å²) >= 11 is 1.65. The van der Waals surface area contributed by atoms with E-state index >= 15 is 0 Å². The van der Waals surface area contributed by atoms with E-state index in [-0.39, 0.29) is 0 Å². The largest absolute Gasteiger partial charge is 0.325 e.